The predicted octanol–water partition coefficient (Wildman–Crippen LogP) is 2.59. The van der Waals surface area contributed by atoms with Crippen molar-refractivity contribution in [2.24, 2.45) is 5.73 Å². The van der Waals surface area contributed by atoms with E-state index >= 15 is 0 Å². The van der Waals surface area contributed by atoms with Crippen LogP contribution >= 0.6 is 0 Å². The summed E-state index contributed by atoms with van der Waals surface area (Å²) in [6.45, 7) is 12.6. The largest absolute Gasteiger partial charge is 0.379 e. The first-order valence-electron chi connectivity index (χ1n) is 17.5. The first-order valence-corrected chi connectivity index (χ1v) is 17.5. The number of nitrogens with zero attached hydrogens (tertiary/aromatic N) is 3. The van der Waals surface area contributed by atoms with Crippen molar-refractivity contribution in [2.75, 3.05) is 112 Å². The lowest BCUT2D eigenvalue weighted by Crippen LogP contribution is -2.37. The fraction of sp³-hybridized carbons (Fsp3) is 0.568. The van der Waals surface area contributed by atoms with Gasteiger partial charge in [-0.2, -0.15) is 0 Å². The van der Waals surface area contributed by atoms with Crippen molar-refractivity contribution < 1.29 is 28.4 Å². The molecular formula is C37H55N5O7. The third-order valence-electron chi connectivity index (χ3n) is 8.14. The molecule has 12 heteroatoms. The number of H-pyrrole nitrogens is 1. The van der Waals surface area contributed by atoms with Crippen LogP contribution < -0.4 is 11.3 Å². The lowest BCUT2D eigenvalue weighted by atomic mass is 9.99. The van der Waals surface area contributed by atoms with E-state index < -0.39 is 0 Å². The molecule has 3 N–H and O–H groups in total. The van der Waals surface area contributed by atoms with Gasteiger partial charge in [0.25, 0.3) is 0 Å². The van der Waals surface area contributed by atoms with E-state index in [9.17, 15) is 4.79 Å². The van der Waals surface area contributed by atoms with Gasteiger partial charge in [-0.25, -0.2) is 0 Å². The third-order valence-corrected chi connectivity index (χ3v) is 8.14. The maximum Gasteiger partial charge on any atom is 0.248 e. The molecule has 0 bridgehead atoms. The molecule has 49 heavy (non-hydrogen) atoms. The summed E-state index contributed by atoms with van der Waals surface area (Å²) < 4.78 is 35.1. The number of nitrogens with two attached hydrogens (primary N) is 1. The number of ether oxygens (including phenoxy) is 6. The molecule has 4 rings (SSSR count). The highest BCUT2D eigenvalue weighted by atomic mass is 16.5. The lowest BCUT2D eigenvalue weighted by molar-refractivity contribution is 0.00332. The average molecular weight is 682 g/mol. The SMILES string of the molecule is Cc1cccc(CN2CCOCCOCCN(C(c3ccc(CCOCCOCCN)cc3)c3cccc(=O)[nH]3)CCOCCOCC2)n1. The van der Waals surface area contributed by atoms with Crippen LogP contribution in [-0.2, 0) is 41.4 Å². The quantitative estimate of drug-likeness (QED) is 0.258. The van der Waals surface area contributed by atoms with Gasteiger partial charge in [-0.15, -0.1) is 0 Å². The Morgan fingerprint density at radius 2 is 1.37 bits per heavy atom. The molecular weight excluding hydrogens is 626 g/mol. The molecule has 1 unspecified atom stereocenters. The van der Waals surface area contributed by atoms with Gasteiger partial charge in [0.15, 0.2) is 0 Å². The van der Waals surface area contributed by atoms with Gasteiger partial charge in [0, 0.05) is 56.7 Å². The molecule has 0 amide bonds. The fourth-order valence-corrected chi connectivity index (χ4v) is 5.62. The topological polar surface area (TPSA) is 134 Å². The number of aromatic amines is 1. The van der Waals surface area contributed by atoms with Gasteiger partial charge in [0.05, 0.1) is 91.0 Å². The monoisotopic (exact) mass is 681 g/mol. The maximum absolute atomic E-state index is 12.4. The van der Waals surface area contributed by atoms with Crippen LogP contribution in [0.15, 0.2) is 65.5 Å². The number of rotatable bonds is 13. The zero-order valence-electron chi connectivity index (χ0n) is 29.1. The summed E-state index contributed by atoms with van der Waals surface area (Å²) in [6, 6.07) is 19.7. The summed E-state index contributed by atoms with van der Waals surface area (Å²) in [6.07, 6.45) is 0.793. The van der Waals surface area contributed by atoms with Crippen LogP contribution in [0.1, 0.15) is 34.3 Å². The highest BCUT2D eigenvalue weighted by Gasteiger charge is 2.23. The van der Waals surface area contributed by atoms with Crippen molar-refractivity contribution in [3.05, 3.63) is 99.2 Å². The molecule has 1 aliphatic rings. The number of pyridine rings is 2. The molecule has 3 heterocycles. The Labute approximate surface area is 290 Å². The number of aryl methyl sites for hydroxylation is 1. The molecule has 0 aliphatic carbocycles. The predicted molar refractivity (Wildman–Crippen MR) is 189 cm³/mol. The van der Waals surface area contributed by atoms with Crippen LogP contribution in [0.3, 0.4) is 0 Å². The van der Waals surface area contributed by atoms with E-state index in [2.05, 4.69) is 50.1 Å². The number of aromatic nitrogens is 2. The molecule has 2 aromatic heterocycles. The van der Waals surface area contributed by atoms with Gasteiger partial charge in [-0.05, 0) is 42.7 Å². The number of hydrogen-bond acceptors (Lipinski definition) is 11. The number of benzene rings is 1. The summed E-state index contributed by atoms with van der Waals surface area (Å²) in [4.78, 5) is 24.8. The molecule has 0 spiro atoms. The van der Waals surface area contributed by atoms with E-state index in [1.54, 1.807) is 6.07 Å². The van der Waals surface area contributed by atoms with Crippen molar-refractivity contribution in [1.82, 2.24) is 19.8 Å². The average Bonchev–Trinajstić information content (AvgIpc) is 3.10. The van der Waals surface area contributed by atoms with Crippen molar-refractivity contribution in [3.8, 4) is 0 Å². The van der Waals surface area contributed by atoms with E-state index in [0.29, 0.717) is 98.9 Å². The zero-order chi connectivity index (χ0) is 34.4. The van der Waals surface area contributed by atoms with E-state index in [4.69, 9.17) is 34.2 Å². The van der Waals surface area contributed by atoms with Crippen molar-refractivity contribution in [2.45, 2.75) is 25.9 Å². The maximum atomic E-state index is 12.4. The molecule has 270 valence electrons. The van der Waals surface area contributed by atoms with Crippen LogP contribution in [0.5, 0.6) is 0 Å². The number of nitrogens with one attached hydrogen (secondary N) is 1. The zero-order valence-corrected chi connectivity index (χ0v) is 29.1. The standard InChI is InChI=1S/C37H55N5O7/c1-31-4-2-5-34(39-31)30-41-14-20-46-26-28-48-22-16-42(17-23-49-29-27-47-21-15-41)37(35-6-3-7-36(43)40-35)33-10-8-32(9-11-33)12-18-44-24-25-45-19-13-38/h2-11,37H,12-30,38H2,1H3,(H,40,43). The fourth-order valence-electron chi connectivity index (χ4n) is 5.62. The Hall–Kier alpha value is -3.04. The molecule has 1 aliphatic heterocycles. The first-order chi connectivity index (χ1) is 24.1. The second-order valence-electron chi connectivity index (χ2n) is 11.9. The summed E-state index contributed by atoms with van der Waals surface area (Å²) in [5.74, 6) is 0. The van der Waals surface area contributed by atoms with Crippen LogP contribution in [0.4, 0.5) is 0 Å². The Bertz CT molecular complexity index is 1340. The minimum Gasteiger partial charge on any atom is -0.379 e. The van der Waals surface area contributed by atoms with Gasteiger partial charge >= 0.3 is 0 Å². The molecule has 1 fully saturated rings. The second kappa shape index (κ2) is 23.4. The van der Waals surface area contributed by atoms with E-state index in [1.165, 1.54) is 11.6 Å². The van der Waals surface area contributed by atoms with Crippen LogP contribution in [0.25, 0.3) is 0 Å². The van der Waals surface area contributed by atoms with Gasteiger partial charge < -0.3 is 39.1 Å². The Morgan fingerprint density at radius 1 is 0.755 bits per heavy atom. The second-order valence-corrected chi connectivity index (χ2v) is 11.9. The Morgan fingerprint density at radius 3 is 1.98 bits per heavy atom. The Balaban J connectivity index is 1.35. The first kappa shape index (κ1) is 38.8. The highest BCUT2D eigenvalue weighted by molar-refractivity contribution is 5.31. The summed E-state index contributed by atoms with van der Waals surface area (Å²) in [7, 11) is 0. The van der Waals surface area contributed by atoms with E-state index in [0.717, 1.165) is 48.7 Å². The van der Waals surface area contributed by atoms with Crippen molar-refractivity contribution in [1.29, 1.82) is 0 Å². The van der Waals surface area contributed by atoms with Crippen molar-refractivity contribution in [3.63, 3.8) is 0 Å². The molecule has 1 saturated heterocycles. The summed E-state index contributed by atoms with van der Waals surface area (Å²) >= 11 is 0. The van der Waals surface area contributed by atoms with Gasteiger partial charge in [0.1, 0.15) is 0 Å². The normalized spacial score (nSPS) is 17.7. The third kappa shape index (κ3) is 15.2. The lowest BCUT2D eigenvalue weighted by Gasteiger charge is -2.32. The smallest absolute Gasteiger partial charge is 0.248 e. The molecule has 0 saturated carbocycles. The molecule has 12 nitrogen and oxygen atoms in total. The van der Waals surface area contributed by atoms with Crippen LogP contribution in [0.2, 0.25) is 0 Å². The summed E-state index contributed by atoms with van der Waals surface area (Å²) in [5, 5.41) is 0. The van der Waals surface area contributed by atoms with Gasteiger partial charge in [-0.1, -0.05) is 36.4 Å². The van der Waals surface area contributed by atoms with Gasteiger partial charge in [0.2, 0.25) is 5.56 Å². The van der Waals surface area contributed by atoms with Crippen molar-refractivity contribution >= 4 is 0 Å². The molecule has 0 radical (unpaired) electrons. The van der Waals surface area contributed by atoms with Crippen LogP contribution in [0, 0.1) is 6.92 Å². The Kier molecular flexibility index (Phi) is 18.5. The number of hydrogen-bond donors (Lipinski definition) is 2. The molecule has 1 aromatic carbocycles. The summed E-state index contributed by atoms with van der Waals surface area (Å²) in [5.41, 5.74) is 10.4. The molecule has 1 atom stereocenters. The van der Waals surface area contributed by atoms with E-state index in [-0.39, 0.29) is 11.6 Å². The van der Waals surface area contributed by atoms with E-state index in [1.807, 2.05) is 25.1 Å². The molecule has 3 aromatic rings. The highest BCUT2D eigenvalue weighted by Crippen LogP contribution is 2.27. The minimum atomic E-state index is -0.196. The minimum absolute atomic E-state index is 0.136. The van der Waals surface area contributed by atoms with Crippen LogP contribution in [-0.4, -0.2) is 132 Å². The van der Waals surface area contributed by atoms with Gasteiger partial charge in [-0.3, -0.25) is 19.6 Å².